The van der Waals surface area contributed by atoms with Gasteiger partial charge in [-0.2, -0.15) is 0 Å². The smallest absolute Gasteiger partial charge is 0.193 e. The minimum Gasteiger partial charge on any atom is -0.357 e. The Balaban J connectivity index is 1.96. The number of rotatable bonds is 5. The normalized spacial score (nSPS) is 22.3. The van der Waals surface area contributed by atoms with Gasteiger partial charge in [0.1, 0.15) is 0 Å². The lowest BCUT2D eigenvalue weighted by molar-refractivity contribution is 0.203. The van der Waals surface area contributed by atoms with Crippen molar-refractivity contribution >= 4 is 15.8 Å². The monoisotopic (exact) mass is 329 g/mol. The van der Waals surface area contributed by atoms with Crippen LogP contribution in [0, 0.1) is 5.41 Å². The lowest BCUT2D eigenvalue weighted by Gasteiger charge is -2.33. The Morgan fingerprint density at radius 1 is 1.18 bits per heavy atom. The highest BCUT2D eigenvalue weighted by Gasteiger charge is 2.39. The molecule has 1 aliphatic heterocycles. The molecule has 2 rings (SSSR count). The van der Waals surface area contributed by atoms with Crippen LogP contribution < -0.4 is 5.32 Å². The predicted molar refractivity (Wildman–Crippen MR) is 92.0 cm³/mol. The summed E-state index contributed by atoms with van der Waals surface area (Å²) in [5.41, 5.74) is 0.490. The number of guanidine groups is 1. The van der Waals surface area contributed by atoms with Crippen molar-refractivity contribution < 1.29 is 8.42 Å². The Labute approximate surface area is 135 Å². The fraction of sp³-hybridized carbons (Fsp3) is 0.938. The lowest BCUT2D eigenvalue weighted by atomic mass is 9.73. The number of hydrogen-bond acceptors (Lipinski definition) is 3. The van der Waals surface area contributed by atoms with Gasteiger partial charge in [0, 0.05) is 25.4 Å². The van der Waals surface area contributed by atoms with Crippen LogP contribution in [-0.2, 0) is 9.84 Å². The van der Waals surface area contributed by atoms with Gasteiger partial charge in [0.25, 0.3) is 0 Å². The Kier molecular flexibility index (Phi) is 6.12. The van der Waals surface area contributed by atoms with E-state index < -0.39 is 9.84 Å². The molecular weight excluding hydrogens is 298 g/mol. The zero-order valence-electron chi connectivity index (χ0n) is 14.1. The first kappa shape index (κ1) is 17.6. The summed E-state index contributed by atoms with van der Waals surface area (Å²) in [5, 5.41) is 3.33. The molecular formula is C16H31N3O2S. The van der Waals surface area contributed by atoms with Gasteiger partial charge in [0.15, 0.2) is 15.8 Å². The maximum absolute atomic E-state index is 11.6. The fourth-order valence-electron chi connectivity index (χ4n) is 3.69. The van der Waals surface area contributed by atoms with Crippen LogP contribution in [0.25, 0.3) is 0 Å². The van der Waals surface area contributed by atoms with Gasteiger partial charge in [-0.25, -0.2) is 8.42 Å². The summed E-state index contributed by atoms with van der Waals surface area (Å²) in [4.78, 5) is 6.90. The molecule has 1 spiro atoms. The van der Waals surface area contributed by atoms with Crippen molar-refractivity contribution in [2.24, 2.45) is 10.4 Å². The van der Waals surface area contributed by atoms with Gasteiger partial charge >= 0.3 is 0 Å². The number of nitrogens with zero attached hydrogens (tertiary/aromatic N) is 2. The first-order valence-corrected chi connectivity index (χ1v) is 10.6. The van der Waals surface area contributed by atoms with E-state index >= 15 is 0 Å². The lowest BCUT2D eigenvalue weighted by Crippen LogP contribution is -2.42. The second-order valence-corrected chi connectivity index (χ2v) is 9.18. The van der Waals surface area contributed by atoms with Crippen LogP contribution in [0.3, 0.4) is 0 Å². The molecule has 1 heterocycles. The summed E-state index contributed by atoms with van der Waals surface area (Å²) in [7, 11) is -2.93. The highest BCUT2D eigenvalue weighted by atomic mass is 32.2. The van der Waals surface area contributed by atoms with E-state index in [4.69, 9.17) is 0 Å². The second kappa shape index (κ2) is 7.66. The molecule has 1 saturated carbocycles. The molecule has 2 aliphatic rings. The minimum absolute atomic E-state index is 0.150. The topological polar surface area (TPSA) is 61.8 Å². The molecule has 0 aromatic rings. The molecule has 1 N–H and O–H groups in total. The average molecular weight is 330 g/mol. The average Bonchev–Trinajstić information content (AvgIpc) is 2.90. The molecule has 0 unspecified atom stereocenters. The van der Waals surface area contributed by atoms with Crippen LogP contribution in [0.15, 0.2) is 4.99 Å². The first-order valence-electron chi connectivity index (χ1n) is 8.74. The molecule has 0 atom stereocenters. The molecule has 0 amide bonds. The van der Waals surface area contributed by atoms with Gasteiger partial charge in [0.2, 0.25) is 0 Å². The van der Waals surface area contributed by atoms with E-state index in [1.54, 1.807) is 6.92 Å². The molecule has 0 radical (unpaired) electrons. The fourth-order valence-corrected chi connectivity index (χ4v) is 4.34. The van der Waals surface area contributed by atoms with Crippen molar-refractivity contribution in [2.75, 3.05) is 37.7 Å². The van der Waals surface area contributed by atoms with E-state index in [1.807, 2.05) is 0 Å². The molecule has 22 heavy (non-hydrogen) atoms. The van der Waals surface area contributed by atoms with Gasteiger partial charge in [0.05, 0.1) is 12.3 Å². The van der Waals surface area contributed by atoms with E-state index in [0.29, 0.717) is 12.0 Å². The third kappa shape index (κ3) is 4.61. The zero-order valence-corrected chi connectivity index (χ0v) is 14.9. The van der Waals surface area contributed by atoms with Crippen LogP contribution in [-0.4, -0.2) is 57.0 Å². The Morgan fingerprint density at radius 2 is 1.91 bits per heavy atom. The second-order valence-electron chi connectivity index (χ2n) is 6.70. The summed E-state index contributed by atoms with van der Waals surface area (Å²) >= 11 is 0. The highest BCUT2D eigenvalue weighted by molar-refractivity contribution is 7.91. The van der Waals surface area contributed by atoms with E-state index in [0.717, 1.165) is 25.6 Å². The van der Waals surface area contributed by atoms with Crippen LogP contribution >= 0.6 is 0 Å². The molecule has 5 nitrogen and oxygen atoms in total. The van der Waals surface area contributed by atoms with Crippen molar-refractivity contribution in [3.63, 3.8) is 0 Å². The van der Waals surface area contributed by atoms with Crippen LogP contribution in [0.2, 0.25) is 0 Å². The SMILES string of the molecule is CCNC(=NCCS(=O)(=O)CC)N1CCC2(CCCCC2)C1. The molecule has 0 aromatic carbocycles. The van der Waals surface area contributed by atoms with Gasteiger partial charge in [-0.1, -0.05) is 26.2 Å². The number of aliphatic imine (C=N–C) groups is 1. The predicted octanol–water partition coefficient (Wildman–Crippen LogP) is 2.04. The van der Waals surface area contributed by atoms with E-state index in [-0.39, 0.29) is 11.5 Å². The zero-order chi connectivity index (χ0) is 16.1. The summed E-state index contributed by atoms with van der Waals surface area (Å²) in [6.07, 6.45) is 8.03. The maximum Gasteiger partial charge on any atom is 0.193 e. The Bertz CT molecular complexity index is 482. The van der Waals surface area contributed by atoms with Crippen molar-refractivity contribution in [1.29, 1.82) is 0 Å². The molecule has 6 heteroatoms. The van der Waals surface area contributed by atoms with E-state index in [2.05, 4.69) is 22.1 Å². The number of hydrogen-bond donors (Lipinski definition) is 1. The van der Waals surface area contributed by atoms with Crippen molar-refractivity contribution in [3.05, 3.63) is 0 Å². The number of sulfone groups is 1. The number of nitrogens with one attached hydrogen (secondary N) is 1. The van der Waals surface area contributed by atoms with Gasteiger partial charge in [-0.15, -0.1) is 0 Å². The van der Waals surface area contributed by atoms with Gasteiger partial charge < -0.3 is 10.2 Å². The largest absolute Gasteiger partial charge is 0.357 e. The molecule has 2 fully saturated rings. The highest BCUT2D eigenvalue weighted by Crippen LogP contribution is 2.43. The minimum atomic E-state index is -2.93. The third-order valence-corrected chi connectivity index (χ3v) is 6.77. The van der Waals surface area contributed by atoms with Crippen LogP contribution in [0.4, 0.5) is 0 Å². The molecule has 128 valence electrons. The third-order valence-electron chi connectivity index (χ3n) is 5.09. The molecule has 0 bridgehead atoms. The van der Waals surface area contributed by atoms with Gasteiger partial charge in [-0.05, 0) is 31.6 Å². The van der Waals surface area contributed by atoms with Crippen LogP contribution in [0.1, 0.15) is 52.4 Å². The summed E-state index contributed by atoms with van der Waals surface area (Å²) < 4.78 is 23.2. The van der Waals surface area contributed by atoms with Crippen molar-refractivity contribution in [1.82, 2.24) is 10.2 Å². The summed E-state index contributed by atoms with van der Waals surface area (Å²) in [6, 6.07) is 0. The van der Waals surface area contributed by atoms with E-state index in [9.17, 15) is 8.42 Å². The summed E-state index contributed by atoms with van der Waals surface area (Å²) in [5.74, 6) is 1.25. The van der Waals surface area contributed by atoms with E-state index in [1.165, 1.54) is 38.5 Å². The number of likely N-dealkylation sites (tertiary alicyclic amines) is 1. The molecule has 0 aromatic heterocycles. The maximum atomic E-state index is 11.6. The van der Waals surface area contributed by atoms with Gasteiger partial charge in [-0.3, -0.25) is 4.99 Å². The summed E-state index contributed by atoms with van der Waals surface area (Å²) in [6.45, 7) is 7.07. The Morgan fingerprint density at radius 3 is 2.55 bits per heavy atom. The Hall–Kier alpha value is -0.780. The first-order chi connectivity index (χ1) is 10.5. The molecule has 1 saturated heterocycles. The van der Waals surface area contributed by atoms with Crippen LogP contribution in [0.5, 0.6) is 0 Å². The molecule has 1 aliphatic carbocycles. The standard InChI is InChI=1S/C16H31N3O2S/c1-3-17-15(18-11-13-22(20,21)4-2)19-12-10-16(14-19)8-6-5-7-9-16/h3-14H2,1-2H3,(H,17,18). The van der Waals surface area contributed by atoms with Crippen molar-refractivity contribution in [2.45, 2.75) is 52.4 Å². The quantitative estimate of drug-likeness (QED) is 0.619. The van der Waals surface area contributed by atoms with Crippen molar-refractivity contribution in [3.8, 4) is 0 Å².